The van der Waals surface area contributed by atoms with E-state index in [1.165, 1.54) is 0 Å². The number of ketones is 1. The number of fused-ring (bicyclic) bond motifs is 1. The van der Waals surface area contributed by atoms with Gasteiger partial charge in [-0.2, -0.15) is 0 Å². The van der Waals surface area contributed by atoms with Crippen LogP contribution >= 0.6 is 0 Å². The molecule has 0 bridgehead atoms. The summed E-state index contributed by atoms with van der Waals surface area (Å²) in [5.41, 5.74) is 1.91. The zero-order valence-corrected chi connectivity index (χ0v) is 10.6. The summed E-state index contributed by atoms with van der Waals surface area (Å²) in [5, 5.41) is 0. The van der Waals surface area contributed by atoms with Gasteiger partial charge in [0.1, 0.15) is 18.1 Å². The third-order valence-corrected chi connectivity index (χ3v) is 3.37. The Morgan fingerprint density at radius 2 is 1.84 bits per heavy atom. The highest BCUT2D eigenvalue weighted by atomic mass is 16.5. The average molecular weight is 254 g/mol. The Balaban J connectivity index is 2.05. The minimum Gasteiger partial charge on any atom is -0.497 e. The Kier molecular flexibility index (Phi) is 2.95. The van der Waals surface area contributed by atoms with E-state index >= 15 is 0 Å². The first-order chi connectivity index (χ1) is 9.29. The number of carbonyl (C=O) groups excluding carboxylic acids is 1. The van der Waals surface area contributed by atoms with Gasteiger partial charge in [-0.25, -0.2) is 0 Å². The van der Waals surface area contributed by atoms with Crippen LogP contribution in [0, 0.1) is 0 Å². The molecule has 3 heteroatoms. The van der Waals surface area contributed by atoms with E-state index < -0.39 is 0 Å². The first kappa shape index (κ1) is 11.8. The number of hydrogen-bond donors (Lipinski definition) is 0. The summed E-state index contributed by atoms with van der Waals surface area (Å²) in [6.07, 6.45) is 0. The van der Waals surface area contributed by atoms with Crippen LogP contribution in [0.25, 0.3) is 0 Å². The second-order valence-corrected chi connectivity index (χ2v) is 4.50. The van der Waals surface area contributed by atoms with E-state index in [9.17, 15) is 4.79 Å². The number of Topliss-reactive ketones (excluding diaryl/α,β-unsaturated/α-hetero) is 1. The van der Waals surface area contributed by atoms with Crippen LogP contribution in [0.2, 0.25) is 0 Å². The normalized spacial score (nSPS) is 17.5. The van der Waals surface area contributed by atoms with Gasteiger partial charge in [0.15, 0.2) is 5.78 Å². The van der Waals surface area contributed by atoms with Gasteiger partial charge in [-0.05, 0) is 23.8 Å². The number of ether oxygens (including phenoxy) is 2. The average Bonchev–Trinajstić information content (AvgIpc) is 2.47. The fourth-order valence-corrected chi connectivity index (χ4v) is 2.42. The fourth-order valence-electron chi connectivity index (χ4n) is 2.42. The molecule has 0 saturated carbocycles. The Labute approximate surface area is 111 Å². The van der Waals surface area contributed by atoms with Crippen LogP contribution in [-0.2, 0) is 4.79 Å². The second-order valence-electron chi connectivity index (χ2n) is 4.50. The van der Waals surface area contributed by atoms with Crippen LogP contribution in [-0.4, -0.2) is 19.5 Å². The molecule has 0 radical (unpaired) electrons. The number of methoxy groups -OCH3 is 1. The summed E-state index contributed by atoms with van der Waals surface area (Å²) in [4.78, 5) is 12.2. The molecular weight excluding hydrogens is 240 g/mol. The van der Waals surface area contributed by atoms with Gasteiger partial charge in [0.2, 0.25) is 0 Å². The van der Waals surface area contributed by atoms with Crippen LogP contribution in [0.3, 0.4) is 0 Å². The first-order valence-electron chi connectivity index (χ1n) is 6.18. The van der Waals surface area contributed by atoms with Crippen LogP contribution in [0.5, 0.6) is 11.5 Å². The molecule has 0 saturated heterocycles. The molecule has 1 aliphatic heterocycles. The maximum atomic E-state index is 12.2. The van der Waals surface area contributed by atoms with Gasteiger partial charge >= 0.3 is 0 Å². The van der Waals surface area contributed by atoms with Gasteiger partial charge < -0.3 is 9.47 Å². The summed E-state index contributed by atoms with van der Waals surface area (Å²) in [6, 6.07) is 15.3. The van der Waals surface area contributed by atoms with E-state index in [2.05, 4.69) is 0 Å². The van der Waals surface area contributed by atoms with Gasteiger partial charge in [0.25, 0.3) is 0 Å². The van der Waals surface area contributed by atoms with Crippen molar-refractivity contribution < 1.29 is 14.3 Å². The Hall–Kier alpha value is -2.29. The van der Waals surface area contributed by atoms with E-state index in [4.69, 9.17) is 9.47 Å². The van der Waals surface area contributed by atoms with E-state index in [-0.39, 0.29) is 18.3 Å². The summed E-state index contributed by atoms with van der Waals surface area (Å²) < 4.78 is 10.6. The Morgan fingerprint density at radius 1 is 1.11 bits per heavy atom. The quantitative estimate of drug-likeness (QED) is 0.826. The molecule has 19 heavy (non-hydrogen) atoms. The molecule has 0 spiro atoms. The molecule has 0 fully saturated rings. The van der Waals surface area contributed by atoms with Crippen molar-refractivity contribution in [2.75, 3.05) is 13.7 Å². The van der Waals surface area contributed by atoms with Gasteiger partial charge in [-0.3, -0.25) is 4.79 Å². The molecule has 2 aromatic rings. The number of carbonyl (C=O) groups is 1. The van der Waals surface area contributed by atoms with Crippen molar-refractivity contribution in [3.8, 4) is 11.5 Å². The highest BCUT2D eigenvalue weighted by molar-refractivity contribution is 5.92. The van der Waals surface area contributed by atoms with Crippen molar-refractivity contribution in [1.29, 1.82) is 0 Å². The van der Waals surface area contributed by atoms with Crippen molar-refractivity contribution in [2.24, 2.45) is 0 Å². The van der Waals surface area contributed by atoms with E-state index in [0.717, 1.165) is 22.6 Å². The standard InChI is InChI=1S/C16H14O3/c1-18-12-8-6-11(7-9-12)16-13-4-2-3-5-15(13)19-10-14(16)17/h2-9,16H,10H2,1H3. The topological polar surface area (TPSA) is 35.5 Å². The number of benzene rings is 2. The molecule has 1 atom stereocenters. The van der Waals surface area contributed by atoms with Gasteiger partial charge in [0, 0.05) is 5.56 Å². The van der Waals surface area contributed by atoms with Crippen molar-refractivity contribution >= 4 is 5.78 Å². The maximum absolute atomic E-state index is 12.2. The molecule has 3 nitrogen and oxygen atoms in total. The van der Waals surface area contributed by atoms with E-state index in [1.54, 1.807) is 7.11 Å². The number of para-hydroxylation sites is 1. The largest absolute Gasteiger partial charge is 0.497 e. The summed E-state index contributed by atoms with van der Waals surface area (Å²) in [7, 11) is 1.63. The van der Waals surface area contributed by atoms with Crippen molar-refractivity contribution in [1.82, 2.24) is 0 Å². The molecule has 0 amide bonds. The summed E-state index contributed by atoms with van der Waals surface area (Å²) in [5.74, 6) is 1.43. The molecule has 1 unspecified atom stereocenters. The maximum Gasteiger partial charge on any atom is 0.182 e. The lowest BCUT2D eigenvalue weighted by molar-refractivity contribution is -0.122. The van der Waals surface area contributed by atoms with E-state index in [1.807, 2.05) is 48.5 Å². The van der Waals surface area contributed by atoms with E-state index in [0.29, 0.717) is 0 Å². The van der Waals surface area contributed by atoms with Gasteiger partial charge in [0.05, 0.1) is 13.0 Å². The highest BCUT2D eigenvalue weighted by Crippen LogP contribution is 2.36. The summed E-state index contributed by atoms with van der Waals surface area (Å²) >= 11 is 0. The minimum atomic E-state index is -0.240. The predicted molar refractivity (Wildman–Crippen MR) is 71.8 cm³/mol. The van der Waals surface area contributed by atoms with Gasteiger partial charge in [-0.15, -0.1) is 0 Å². The zero-order valence-electron chi connectivity index (χ0n) is 10.6. The lowest BCUT2D eigenvalue weighted by Crippen LogP contribution is -2.26. The number of hydrogen-bond acceptors (Lipinski definition) is 3. The van der Waals surface area contributed by atoms with Crippen LogP contribution in [0.1, 0.15) is 17.0 Å². The molecule has 1 heterocycles. The minimum absolute atomic E-state index is 0.0869. The van der Waals surface area contributed by atoms with Crippen molar-refractivity contribution in [2.45, 2.75) is 5.92 Å². The van der Waals surface area contributed by atoms with Crippen molar-refractivity contribution in [3.63, 3.8) is 0 Å². The van der Waals surface area contributed by atoms with Crippen LogP contribution < -0.4 is 9.47 Å². The van der Waals surface area contributed by atoms with Crippen LogP contribution in [0.15, 0.2) is 48.5 Å². The van der Waals surface area contributed by atoms with Gasteiger partial charge in [-0.1, -0.05) is 30.3 Å². The molecule has 1 aliphatic rings. The predicted octanol–water partition coefficient (Wildman–Crippen LogP) is 2.79. The Bertz CT molecular complexity index is 602. The monoisotopic (exact) mass is 254 g/mol. The van der Waals surface area contributed by atoms with Crippen molar-refractivity contribution in [3.05, 3.63) is 59.7 Å². The third-order valence-electron chi connectivity index (χ3n) is 3.37. The molecule has 0 N–H and O–H groups in total. The SMILES string of the molecule is COc1ccc(C2C(=O)COc3ccccc32)cc1. The zero-order chi connectivity index (χ0) is 13.2. The molecule has 2 aromatic carbocycles. The smallest absolute Gasteiger partial charge is 0.182 e. The molecule has 96 valence electrons. The fraction of sp³-hybridized carbons (Fsp3) is 0.188. The Morgan fingerprint density at radius 3 is 2.58 bits per heavy atom. The third kappa shape index (κ3) is 2.08. The molecule has 0 aromatic heterocycles. The summed E-state index contributed by atoms with van der Waals surface area (Å²) in [6.45, 7) is 0.133. The molecule has 3 rings (SSSR count). The molecular formula is C16H14O3. The lowest BCUT2D eigenvalue weighted by atomic mass is 9.86. The number of rotatable bonds is 2. The first-order valence-corrected chi connectivity index (χ1v) is 6.18. The molecule has 0 aliphatic carbocycles. The van der Waals surface area contributed by atoms with Crippen LogP contribution in [0.4, 0.5) is 0 Å². The highest BCUT2D eigenvalue weighted by Gasteiger charge is 2.29. The second kappa shape index (κ2) is 4.76. The lowest BCUT2D eigenvalue weighted by Gasteiger charge is -2.25.